The minimum Gasteiger partial charge on any atom is -0.322 e. The maximum Gasteiger partial charge on any atom is 0.295 e. The molecule has 250 valence electrons. The molecule has 0 aliphatic carbocycles. The van der Waals surface area contributed by atoms with Crippen LogP contribution in [0.4, 0.5) is 11.4 Å². The smallest absolute Gasteiger partial charge is 0.295 e. The standard InChI is InChI=1S/C28H20N2O14S4/c31-27(29-17-11-21-19(25(13-17)47(39,40)41)3-1-5-23(21)45(33,34)35)15-7-9-16(10-8-15)28(32)30-18-12-22-20(26(14-18)48(42,43)44)4-2-6-24(22)46(36,37)38/h1-14H,(H,29,31)(H,30,32)(H,33,34,35)(H,36,37,38)(H,39,40,41)(H,42,43,44). The van der Waals surface area contributed by atoms with Crippen molar-refractivity contribution in [2.24, 2.45) is 0 Å². The number of hydrogen-bond donors (Lipinski definition) is 6. The summed E-state index contributed by atoms with van der Waals surface area (Å²) in [5, 5.41) is 3.51. The van der Waals surface area contributed by atoms with E-state index in [0.717, 1.165) is 48.5 Å². The zero-order valence-corrected chi connectivity index (χ0v) is 26.9. The summed E-state index contributed by atoms with van der Waals surface area (Å²) >= 11 is 0. The van der Waals surface area contributed by atoms with Gasteiger partial charge in [0, 0.05) is 44.0 Å². The molecule has 48 heavy (non-hydrogen) atoms. The van der Waals surface area contributed by atoms with Gasteiger partial charge in [-0.05, 0) is 60.7 Å². The Kier molecular flexibility index (Phi) is 8.65. The van der Waals surface area contributed by atoms with E-state index in [4.69, 9.17) is 0 Å². The van der Waals surface area contributed by atoms with Crippen molar-refractivity contribution < 1.29 is 61.5 Å². The predicted octanol–water partition coefficient (Wildman–Crippen LogP) is 3.48. The van der Waals surface area contributed by atoms with E-state index < -0.39 is 71.9 Å². The molecule has 0 radical (unpaired) electrons. The van der Waals surface area contributed by atoms with Gasteiger partial charge in [0.25, 0.3) is 52.3 Å². The largest absolute Gasteiger partial charge is 0.322 e. The lowest BCUT2D eigenvalue weighted by atomic mass is 10.1. The van der Waals surface area contributed by atoms with Crippen LogP contribution in [-0.2, 0) is 40.5 Å². The summed E-state index contributed by atoms with van der Waals surface area (Å²) in [7, 11) is -19.6. The first-order valence-electron chi connectivity index (χ1n) is 12.9. The second-order valence-electron chi connectivity index (χ2n) is 10.0. The van der Waals surface area contributed by atoms with Gasteiger partial charge in [-0.25, -0.2) is 0 Å². The molecular formula is C28H20N2O14S4. The summed E-state index contributed by atoms with van der Waals surface area (Å²) in [4.78, 5) is 23.1. The average Bonchev–Trinajstić information content (AvgIpc) is 2.97. The van der Waals surface area contributed by atoms with E-state index in [-0.39, 0.29) is 44.0 Å². The molecule has 0 aliphatic rings. The van der Waals surface area contributed by atoms with E-state index in [1.165, 1.54) is 36.4 Å². The van der Waals surface area contributed by atoms with Crippen molar-refractivity contribution in [3.63, 3.8) is 0 Å². The van der Waals surface area contributed by atoms with Gasteiger partial charge in [0.1, 0.15) is 19.6 Å². The van der Waals surface area contributed by atoms with Gasteiger partial charge in [-0.15, -0.1) is 0 Å². The van der Waals surface area contributed by atoms with Crippen LogP contribution in [0.25, 0.3) is 21.5 Å². The van der Waals surface area contributed by atoms with Gasteiger partial charge in [-0.3, -0.25) is 27.8 Å². The predicted molar refractivity (Wildman–Crippen MR) is 170 cm³/mol. The van der Waals surface area contributed by atoms with Gasteiger partial charge < -0.3 is 10.6 Å². The fraction of sp³-hybridized carbons (Fsp3) is 0. The van der Waals surface area contributed by atoms with Gasteiger partial charge in [-0.2, -0.15) is 33.7 Å². The molecule has 2 amide bonds. The van der Waals surface area contributed by atoms with Crippen molar-refractivity contribution in [1.29, 1.82) is 0 Å². The van der Waals surface area contributed by atoms with Crippen LogP contribution in [-0.4, -0.2) is 63.7 Å². The summed E-state index contributed by atoms with van der Waals surface area (Å²) in [5.41, 5.74) is -0.762. The van der Waals surface area contributed by atoms with Gasteiger partial charge in [0.15, 0.2) is 0 Å². The molecule has 0 atom stereocenters. The first-order chi connectivity index (χ1) is 22.1. The number of anilines is 2. The molecule has 0 unspecified atom stereocenters. The van der Waals surface area contributed by atoms with E-state index in [2.05, 4.69) is 10.6 Å². The number of fused-ring (bicyclic) bond motifs is 2. The highest BCUT2D eigenvalue weighted by molar-refractivity contribution is 7.87. The summed E-state index contributed by atoms with van der Waals surface area (Å²) in [6, 6.07) is 15.1. The lowest BCUT2D eigenvalue weighted by Crippen LogP contribution is -2.15. The van der Waals surface area contributed by atoms with Crippen molar-refractivity contribution in [2.45, 2.75) is 19.6 Å². The fourth-order valence-electron chi connectivity index (χ4n) is 4.85. The molecule has 16 nitrogen and oxygen atoms in total. The molecule has 0 bridgehead atoms. The molecule has 0 aliphatic heterocycles. The molecule has 5 rings (SSSR count). The van der Waals surface area contributed by atoms with Crippen LogP contribution in [0.2, 0.25) is 0 Å². The van der Waals surface area contributed by atoms with Crippen molar-refractivity contribution in [3.8, 4) is 0 Å². The Hall–Kier alpha value is -4.80. The lowest BCUT2D eigenvalue weighted by Gasteiger charge is -2.13. The highest BCUT2D eigenvalue weighted by atomic mass is 32.2. The van der Waals surface area contributed by atoms with Gasteiger partial charge in [-0.1, -0.05) is 24.3 Å². The normalized spacial score (nSPS) is 12.6. The third kappa shape index (κ3) is 7.05. The molecule has 20 heteroatoms. The second-order valence-corrected chi connectivity index (χ2v) is 15.6. The van der Waals surface area contributed by atoms with Crippen molar-refractivity contribution in [2.75, 3.05) is 10.6 Å². The van der Waals surface area contributed by atoms with E-state index in [1.807, 2.05) is 0 Å². The molecule has 6 N–H and O–H groups in total. The molecular weight excluding hydrogens is 717 g/mol. The van der Waals surface area contributed by atoms with Gasteiger partial charge in [0.05, 0.1) is 0 Å². The number of hydrogen-bond acceptors (Lipinski definition) is 10. The van der Waals surface area contributed by atoms with Crippen LogP contribution in [0.1, 0.15) is 20.7 Å². The number of rotatable bonds is 8. The van der Waals surface area contributed by atoms with Crippen LogP contribution in [0, 0.1) is 0 Å². The van der Waals surface area contributed by atoms with E-state index >= 15 is 0 Å². The molecule has 0 fully saturated rings. The molecule has 0 saturated heterocycles. The Bertz CT molecular complexity index is 2450. The Morgan fingerprint density at radius 1 is 0.417 bits per heavy atom. The third-order valence-electron chi connectivity index (χ3n) is 6.87. The Morgan fingerprint density at radius 2 is 0.729 bits per heavy atom. The number of benzene rings is 5. The fourth-order valence-corrected chi connectivity index (χ4v) is 7.71. The summed E-state index contributed by atoms with van der Waals surface area (Å²) < 4.78 is 134. The first-order valence-corrected chi connectivity index (χ1v) is 18.7. The lowest BCUT2D eigenvalue weighted by molar-refractivity contribution is 0.101. The van der Waals surface area contributed by atoms with E-state index in [1.54, 1.807) is 0 Å². The molecule has 0 saturated carbocycles. The number of nitrogens with one attached hydrogen (secondary N) is 2. The van der Waals surface area contributed by atoms with Crippen LogP contribution in [0.15, 0.2) is 105 Å². The van der Waals surface area contributed by atoms with Crippen molar-refractivity contribution >= 4 is 85.2 Å². The highest BCUT2D eigenvalue weighted by Crippen LogP contribution is 2.33. The summed E-state index contributed by atoms with van der Waals surface area (Å²) in [6.07, 6.45) is 0. The van der Waals surface area contributed by atoms with Crippen LogP contribution in [0.5, 0.6) is 0 Å². The number of amides is 2. The average molecular weight is 737 g/mol. The molecule has 0 heterocycles. The Balaban J connectivity index is 1.45. The zero-order valence-electron chi connectivity index (χ0n) is 23.6. The van der Waals surface area contributed by atoms with Crippen LogP contribution >= 0.6 is 0 Å². The second kappa shape index (κ2) is 12.0. The quantitative estimate of drug-likeness (QED) is 0.125. The van der Waals surface area contributed by atoms with Crippen molar-refractivity contribution in [1.82, 2.24) is 0 Å². The first kappa shape index (κ1) is 34.5. The molecule has 0 spiro atoms. The zero-order chi connectivity index (χ0) is 35.4. The molecule has 0 aromatic heterocycles. The maximum absolute atomic E-state index is 13.0. The van der Waals surface area contributed by atoms with Crippen LogP contribution < -0.4 is 10.6 Å². The third-order valence-corrected chi connectivity index (χ3v) is 10.5. The van der Waals surface area contributed by atoms with Crippen molar-refractivity contribution in [3.05, 3.63) is 96.1 Å². The van der Waals surface area contributed by atoms with Gasteiger partial charge >= 0.3 is 0 Å². The number of carbonyl (C=O) groups is 2. The molecule has 5 aromatic carbocycles. The molecule has 5 aromatic rings. The monoisotopic (exact) mass is 736 g/mol. The highest BCUT2D eigenvalue weighted by Gasteiger charge is 2.24. The van der Waals surface area contributed by atoms with E-state index in [0.29, 0.717) is 0 Å². The summed E-state index contributed by atoms with van der Waals surface area (Å²) in [6.45, 7) is 0. The SMILES string of the molecule is O=C(Nc1cc(S(=O)(=O)O)c2cccc(S(=O)(=O)O)c2c1)c1ccc(C(=O)Nc2cc(S(=O)(=O)O)c3cccc(S(=O)(=O)O)c3c2)cc1. The topological polar surface area (TPSA) is 276 Å². The summed E-state index contributed by atoms with van der Waals surface area (Å²) in [5.74, 6) is -1.76. The minimum absolute atomic E-state index is 0.0970. The maximum atomic E-state index is 13.0. The Labute approximate surface area is 272 Å². The minimum atomic E-state index is -4.95. The number of carbonyl (C=O) groups excluding carboxylic acids is 2. The van der Waals surface area contributed by atoms with E-state index in [9.17, 15) is 61.5 Å². The van der Waals surface area contributed by atoms with Gasteiger partial charge in [0.2, 0.25) is 0 Å². The van der Waals surface area contributed by atoms with Crippen LogP contribution in [0.3, 0.4) is 0 Å². The Morgan fingerprint density at radius 3 is 1.02 bits per heavy atom.